The number of hydrogen-bond donors (Lipinski definition) is 2. The highest BCUT2D eigenvalue weighted by Gasteiger charge is 2.22. The van der Waals surface area contributed by atoms with Crippen LogP contribution in [0.15, 0.2) is 97.1 Å². The number of nitrogens with one attached hydrogen (secondary N) is 2. The van der Waals surface area contributed by atoms with Crippen molar-refractivity contribution in [3.8, 4) is 11.1 Å². The van der Waals surface area contributed by atoms with Crippen LogP contribution in [-0.4, -0.2) is 37.1 Å². The molecule has 240 valence electrons. The summed E-state index contributed by atoms with van der Waals surface area (Å²) in [5.41, 5.74) is 4.96. The Kier molecular flexibility index (Phi) is 11.2. The molecule has 0 aromatic heterocycles. The molecule has 46 heavy (non-hydrogen) atoms. The lowest BCUT2D eigenvalue weighted by Crippen LogP contribution is -2.29. The van der Waals surface area contributed by atoms with Gasteiger partial charge in [-0.15, -0.1) is 0 Å². The zero-order valence-corrected chi connectivity index (χ0v) is 27.3. The van der Waals surface area contributed by atoms with Gasteiger partial charge in [0, 0.05) is 23.4 Å². The molecule has 0 saturated carbocycles. The van der Waals surface area contributed by atoms with Gasteiger partial charge in [-0.3, -0.25) is 9.59 Å². The summed E-state index contributed by atoms with van der Waals surface area (Å²) in [5.74, 6) is -2.43. The lowest BCUT2D eigenvalue weighted by atomic mass is 9.89. The van der Waals surface area contributed by atoms with Crippen molar-refractivity contribution in [3.05, 3.63) is 130 Å². The molecule has 4 rings (SSSR count). The van der Waals surface area contributed by atoms with Crippen molar-refractivity contribution >= 4 is 45.3 Å². The molecule has 0 radical (unpaired) electrons. The first kappa shape index (κ1) is 34.6. The van der Waals surface area contributed by atoms with Gasteiger partial charge in [-0.05, 0) is 76.6 Å². The van der Waals surface area contributed by atoms with Gasteiger partial charge in [0.1, 0.15) is 5.82 Å². The number of benzene rings is 4. The van der Waals surface area contributed by atoms with Crippen molar-refractivity contribution in [1.82, 2.24) is 5.32 Å². The number of halogens is 2. The van der Waals surface area contributed by atoms with E-state index in [0.717, 1.165) is 22.3 Å². The Morgan fingerprint density at radius 1 is 0.935 bits per heavy atom. The minimum atomic E-state index is -4.43. The van der Waals surface area contributed by atoms with E-state index < -0.39 is 33.5 Å². The molecule has 10 heteroatoms. The molecule has 1 atom stereocenters. The molecule has 2 amide bonds. The Balaban J connectivity index is 1.54. The van der Waals surface area contributed by atoms with Crippen molar-refractivity contribution in [3.63, 3.8) is 0 Å². The fraction of sp³-hybridized carbons (Fsp3) is 0.222. The fourth-order valence-electron chi connectivity index (χ4n) is 4.65. The van der Waals surface area contributed by atoms with Crippen molar-refractivity contribution in [2.45, 2.75) is 33.1 Å². The van der Waals surface area contributed by atoms with Crippen LogP contribution in [0, 0.1) is 11.2 Å². The molecular weight excluding hydrogens is 627 g/mol. The van der Waals surface area contributed by atoms with Crippen molar-refractivity contribution in [2.24, 2.45) is 5.41 Å². The molecule has 2 N–H and O–H groups in total. The average Bonchev–Trinajstić information content (AvgIpc) is 2.99. The highest BCUT2D eigenvalue weighted by Crippen LogP contribution is 2.30. The Bertz CT molecular complexity index is 1820. The van der Waals surface area contributed by atoms with Crippen molar-refractivity contribution in [1.29, 1.82) is 0 Å². The van der Waals surface area contributed by atoms with Gasteiger partial charge in [0.2, 0.25) is 5.91 Å². The predicted octanol–water partition coefficient (Wildman–Crippen LogP) is 7.45. The second kappa shape index (κ2) is 14.9. The number of rotatable bonds is 11. The van der Waals surface area contributed by atoms with Gasteiger partial charge in [0.15, 0.2) is 0 Å². The van der Waals surface area contributed by atoms with Crippen LogP contribution in [0.25, 0.3) is 17.2 Å². The monoisotopic (exact) mass is 661 g/mol. The Morgan fingerprint density at radius 2 is 1.59 bits per heavy atom. The van der Waals surface area contributed by atoms with Crippen LogP contribution in [0.1, 0.15) is 53.7 Å². The first-order valence-electron chi connectivity index (χ1n) is 14.6. The van der Waals surface area contributed by atoms with Crippen LogP contribution in [0.4, 0.5) is 10.1 Å². The Hall–Kier alpha value is -4.31. The molecule has 0 aliphatic carbocycles. The van der Waals surface area contributed by atoms with E-state index in [2.05, 4.69) is 37.5 Å². The van der Waals surface area contributed by atoms with Gasteiger partial charge in [0.25, 0.3) is 5.91 Å². The summed E-state index contributed by atoms with van der Waals surface area (Å²) in [6, 6.07) is 25.8. The molecule has 0 saturated heterocycles. The predicted molar refractivity (Wildman–Crippen MR) is 180 cm³/mol. The maximum atomic E-state index is 13.8. The summed E-state index contributed by atoms with van der Waals surface area (Å²) in [6.07, 6.45) is 4.50. The molecule has 0 bridgehead atoms. The van der Waals surface area contributed by atoms with Gasteiger partial charge in [-0.2, -0.15) is 0 Å². The van der Waals surface area contributed by atoms with Crippen molar-refractivity contribution < 1.29 is 27.0 Å². The SMILES string of the molecule is CC(C)(C)/C=C/c1ccc(C(Cc2ccc(C(=O)NCCS(=O)(=O)[O-])cc2)C(=O)Nc2ccc(-c3ccc(F)cc3Cl)cc2)cc1. The van der Waals surface area contributed by atoms with E-state index in [1.165, 1.54) is 12.1 Å². The van der Waals surface area contributed by atoms with Gasteiger partial charge < -0.3 is 15.2 Å². The van der Waals surface area contributed by atoms with Crippen LogP contribution < -0.4 is 10.6 Å². The normalized spacial score (nSPS) is 12.6. The van der Waals surface area contributed by atoms with Gasteiger partial charge in [-0.1, -0.05) is 93.1 Å². The van der Waals surface area contributed by atoms with Gasteiger partial charge in [-0.25, -0.2) is 12.8 Å². The lowest BCUT2D eigenvalue weighted by Gasteiger charge is -2.19. The maximum Gasteiger partial charge on any atom is 0.251 e. The third-order valence-corrected chi connectivity index (χ3v) is 8.14. The summed E-state index contributed by atoms with van der Waals surface area (Å²) in [6.45, 7) is 6.06. The Labute approximate surface area is 274 Å². The van der Waals surface area contributed by atoms with E-state index >= 15 is 0 Å². The zero-order valence-electron chi connectivity index (χ0n) is 25.7. The summed E-state index contributed by atoms with van der Waals surface area (Å²) in [5, 5.41) is 5.71. The van der Waals surface area contributed by atoms with Gasteiger partial charge in [0.05, 0.1) is 26.8 Å². The quantitative estimate of drug-likeness (QED) is 0.162. The summed E-state index contributed by atoms with van der Waals surface area (Å²) in [7, 11) is -4.43. The van der Waals surface area contributed by atoms with E-state index in [1.54, 1.807) is 54.6 Å². The maximum absolute atomic E-state index is 13.8. The number of carbonyl (C=O) groups excluding carboxylic acids is 2. The molecule has 0 spiro atoms. The summed E-state index contributed by atoms with van der Waals surface area (Å²) in [4.78, 5) is 26.1. The second-order valence-electron chi connectivity index (χ2n) is 12.0. The Morgan fingerprint density at radius 3 is 2.17 bits per heavy atom. The minimum absolute atomic E-state index is 0.0233. The van der Waals surface area contributed by atoms with E-state index in [9.17, 15) is 27.0 Å². The highest BCUT2D eigenvalue weighted by molar-refractivity contribution is 7.85. The lowest BCUT2D eigenvalue weighted by molar-refractivity contribution is -0.117. The molecular formula is C36H35ClFN2O5S-. The molecule has 0 aliphatic heterocycles. The van der Waals surface area contributed by atoms with E-state index in [4.69, 9.17) is 11.6 Å². The van der Waals surface area contributed by atoms with E-state index in [-0.39, 0.29) is 22.9 Å². The molecule has 0 aliphatic rings. The zero-order chi connectivity index (χ0) is 33.5. The number of anilines is 1. The summed E-state index contributed by atoms with van der Waals surface area (Å²) >= 11 is 6.22. The fourth-order valence-corrected chi connectivity index (χ4v) is 5.28. The molecule has 4 aromatic rings. The highest BCUT2D eigenvalue weighted by atomic mass is 35.5. The first-order chi connectivity index (χ1) is 21.7. The number of amides is 2. The average molecular weight is 662 g/mol. The van der Waals surface area contributed by atoms with E-state index in [0.29, 0.717) is 23.2 Å². The molecule has 0 fully saturated rings. The van der Waals surface area contributed by atoms with Crippen LogP contribution >= 0.6 is 11.6 Å². The largest absolute Gasteiger partial charge is 0.748 e. The van der Waals surface area contributed by atoms with E-state index in [1.807, 2.05) is 30.3 Å². The number of hydrogen-bond acceptors (Lipinski definition) is 5. The third kappa shape index (κ3) is 10.4. The molecule has 7 nitrogen and oxygen atoms in total. The smallest absolute Gasteiger partial charge is 0.251 e. The molecule has 1 unspecified atom stereocenters. The van der Waals surface area contributed by atoms with Crippen LogP contribution in [0.3, 0.4) is 0 Å². The molecule has 4 aromatic carbocycles. The van der Waals surface area contributed by atoms with Crippen LogP contribution in [0.5, 0.6) is 0 Å². The van der Waals surface area contributed by atoms with Gasteiger partial charge >= 0.3 is 0 Å². The topological polar surface area (TPSA) is 115 Å². The minimum Gasteiger partial charge on any atom is -0.748 e. The number of allylic oxidation sites excluding steroid dienone is 1. The first-order valence-corrected chi connectivity index (χ1v) is 16.6. The van der Waals surface area contributed by atoms with Crippen LogP contribution in [0.2, 0.25) is 5.02 Å². The van der Waals surface area contributed by atoms with Crippen LogP contribution in [-0.2, 0) is 21.3 Å². The number of carbonyl (C=O) groups is 2. The standard InChI is InChI=1S/C36H36ClFN2O5S/c1-36(2,3)19-18-24-4-8-27(9-5-24)32(22-25-6-10-28(11-7-25)34(41)39-20-21-46(43,44)45)35(42)40-30-15-12-26(13-16-30)31-17-14-29(38)23-33(31)37/h4-19,23,32H,20-22H2,1-3H3,(H,39,41)(H,40,42)(H,43,44,45)/p-1/b19-18+. The summed E-state index contributed by atoms with van der Waals surface area (Å²) < 4.78 is 45.9. The second-order valence-corrected chi connectivity index (χ2v) is 14.0. The molecule has 0 heterocycles. The van der Waals surface area contributed by atoms with Crippen molar-refractivity contribution in [2.75, 3.05) is 17.6 Å². The third-order valence-electron chi connectivity index (χ3n) is 7.12.